The van der Waals surface area contributed by atoms with E-state index >= 15 is 0 Å². The predicted octanol–water partition coefficient (Wildman–Crippen LogP) is 5.87. The van der Waals surface area contributed by atoms with Gasteiger partial charge in [-0.25, -0.2) is 9.37 Å². The van der Waals surface area contributed by atoms with E-state index in [1.807, 2.05) is 54.6 Å². The van der Waals surface area contributed by atoms with Gasteiger partial charge in [0.25, 0.3) is 5.91 Å². The van der Waals surface area contributed by atoms with E-state index in [-0.39, 0.29) is 31.3 Å². The van der Waals surface area contributed by atoms with Crippen molar-refractivity contribution in [1.29, 1.82) is 5.26 Å². The van der Waals surface area contributed by atoms with Gasteiger partial charge in [-0.1, -0.05) is 12.1 Å². The molecule has 36 heavy (non-hydrogen) atoms. The molecule has 0 bridgehead atoms. The first kappa shape index (κ1) is 23.1. The first-order valence-electron chi connectivity index (χ1n) is 11.4. The summed E-state index contributed by atoms with van der Waals surface area (Å²) >= 11 is 0. The van der Waals surface area contributed by atoms with Gasteiger partial charge in [0.05, 0.1) is 36.7 Å². The SMILES string of the molecule is COc1ccc(-c2cc(-c3ccc(F)cc3)nc(-c3ccc4c(c3)N(CCC#N)C(=O)CO4)c2)cc1. The van der Waals surface area contributed by atoms with Gasteiger partial charge in [-0.2, -0.15) is 5.26 Å². The molecule has 0 saturated carbocycles. The number of carbonyl (C=O) groups excluding carboxylic acids is 1. The summed E-state index contributed by atoms with van der Waals surface area (Å²) in [6.45, 7) is 0.229. The van der Waals surface area contributed by atoms with Crippen molar-refractivity contribution in [3.63, 3.8) is 0 Å². The van der Waals surface area contributed by atoms with E-state index in [4.69, 9.17) is 19.7 Å². The van der Waals surface area contributed by atoms with Crippen LogP contribution in [0.2, 0.25) is 0 Å². The maximum atomic E-state index is 13.6. The monoisotopic (exact) mass is 479 g/mol. The zero-order chi connectivity index (χ0) is 25.1. The molecule has 0 N–H and O–H groups in total. The fraction of sp³-hybridized carbons (Fsp3) is 0.138. The van der Waals surface area contributed by atoms with Gasteiger partial charge in [0.1, 0.15) is 17.3 Å². The third kappa shape index (κ3) is 4.62. The molecule has 2 heterocycles. The maximum absolute atomic E-state index is 13.6. The predicted molar refractivity (Wildman–Crippen MR) is 135 cm³/mol. The average Bonchev–Trinajstić information content (AvgIpc) is 2.92. The summed E-state index contributed by atoms with van der Waals surface area (Å²) in [7, 11) is 1.62. The van der Waals surface area contributed by atoms with Crippen LogP contribution in [-0.4, -0.2) is 31.2 Å². The number of amides is 1. The van der Waals surface area contributed by atoms with Crippen molar-refractivity contribution >= 4 is 11.6 Å². The highest BCUT2D eigenvalue weighted by atomic mass is 19.1. The van der Waals surface area contributed by atoms with Crippen LogP contribution in [0.1, 0.15) is 6.42 Å². The lowest BCUT2D eigenvalue weighted by Gasteiger charge is -2.29. The van der Waals surface area contributed by atoms with E-state index in [0.29, 0.717) is 22.8 Å². The summed E-state index contributed by atoms with van der Waals surface area (Å²) in [4.78, 5) is 19.0. The quantitative estimate of drug-likeness (QED) is 0.346. The number of methoxy groups -OCH3 is 1. The Morgan fingerprint density at radius 1 is 0.944 bits per heavy atom. The molecule has 6 nitrogen and oxygen atoms in total. The first-order valence-corrected chi connectivity index (χ1v) is 11.4. The molecule has 178 valence electrons. The molecule has 1 aliphatic heterocycles. The van der Waals surface area contributed by atoms with Crippen molar-refractivity contribution in [3.8, 4) is 51.2 Å². The van der Waals surface area contributed by atoms with Crippen LogP contribution < -0.4 is 14.4 Å². The van der Waals surface area contributed by atoms with Crippen molar-refractivity contribution in [3.05, 3.63) is 84.7 Å². The highest BCUT2D eigenvalue weighted by Gasteiger charge is 2.26. The molecular formula is C29H22FN3O3. The van der Waals surface area contributed by atoms with Crippen molar-refractivity contribution < 1.29 is 18.7 Å². The standard InChI is InChI=1S/C29H22FN3O3/c1-35-24-10-5-19(6-11-24)22-15-25(20-3-8-23(30)9-4-20)32-26(16-22)21-7-12-28-27(17-21)33(14-2-13-31)29(34)18-36-28/h3-12,15-17H,2,14,18H2,1H3. The highest BCUT2D eigenvalue weighted by Crippen LogP contribution is 2.37. The van der Waals surface area contributed by atoms with Crippen molar-refractivity contribution in [2.75, 3.05) is 25.2 Å². The number of fused-ring (bicyclic) bond motifs is 1. The molecule has 0 spiro atoms. The summed E-state index contributed by atoms with van der Waals surface area (Å²) in [5.41, 5.74) is 5.43. The number of hydrogen-bond donors (Lipinski definition) is 0. The van der Waals surface area contributed by atoms with Gasteiger partial charge in [0.2, 0.25) is 0 Å². The molecule has 1 amide bonds. The minimum atomic E-state index is -0.318. The minimum Gasteiger partial charge on any atom is -0.497 e. The summed E-state index contributed by atoms with van der Waals surface area (Å²) in [5.74, 6) is 0.828. The number of carbonyl (C=O) groups is 1. The normalized spacial score (nSPS) is 12.5. The number of aromatic nitrogens is 1. The Morgan fingerprint density at radius 3 is 2.31 bits per heavy atom. The van der Waals surface area contributed by atoms with E-state index in [2.05, 4.69) is 6.07 Å². The third-order valence-electron chi connectivity index (χ3n) is 6.03. The molecule has 4 aromatic rings. The average molecular weight is 480 g/mol. The largest absolute Gasteiger partial charge is 0.497 e. The molecular weight excluding hydrogens is 457 g/mol. The van der Waals surface area contributed by atoms with Gasteiger partial charge in [-0.15, -0.1) is 0 Å². The van der Waals surface area contributed by atoms with Crippen LogP contribution in [0.25, 0.3) is 33.6 Å². The van der Waals surface area contributed by atoms with Gasteiger partial charge < -0.3 is 14.4 Å². The Hall–Kier alpha value is -4.70. The molecule has 0 fully saturated rings. The second-order valence-corrected chi connectivity index (χ2v) is 8.29. The summed E-state index contributed by atoms with van der Waals surface area (Å²) in [6.07, 6.45) is 0.218. The Kier molecular flexibility index (Phi) is 6.33. The molecule has 1 aromatic heterocycles. The van der Waals surface area contributed by atoms with E-state index in [9.17, 15) is 9.18 Å². The number of pyridine rings is 1. The molecule has 0 radical (unpaired) electrons. The van der Waals surface area contributed by atoms with Crippen LogP contribution in [0.15, 0.2) is 78.9 Å². The van der Waals surface area contributed by atoms with Gasteiger partial charge >= 0.3 is 0 Å². The molecule has 0 aliphatic carbocycles. The number of nitriles is 1. The fourth-order valence-corrected chi connectivity index (χ4v) is 4.17. The summed E-state index contributed by atoms with van der Waals surface area (Å²) < 4.78 is 24.5. The molecule has 3 aromatic carbocycles. The minimum absolute atomic E-state index is 0.0578. The Balaban J connectivity index is 1.63. The van der Waals surface area contributed by atoms with Crippen molar-refractivity contribution in [1.82, 2.24) is 4.98 Å². The number of halogens is 1. The number of ether oxygens (including phenoxy) is 2. The van der Waals surface area contributed by atoms with E-state index in [1.54, 1.807) is 24.1 Å². The lowest BCUT2D eigenvalue weighted by molar-refractivity contribution is -0.121. The highest BCUT2D eigenvalue weighted by molar-refractivity contribution is 5.98. The lowest BCUT2D eigenvalue weighted by Crippen LogP contribution is -2.39. The second-order valence-electron chi connectivity index (χ2n) is 8.29. The second kappa shape index (κ2) is 9.88. The van der Waals surface area contributed by atoms with Gasteiger partial charge in [-0.3, -0.25) is 4.79 Å². The van der Waals surface area contributed by atoms with Crippen molar-refractivity contribution in [2.45, 2.75) is 6.42 Å². The van der Waals surface area contributed by atoms with E-state index < -0.39 is 0 Å². The number of anilines is 1. The molecule has 0 saturated heterocycles. The summed E-state index contributed by atoms with van der Waals surface area (Å²) in [6, 6.07) is 25.5. The first-order chi connectivity index (χ1) is 17.6. The number of benzene rings is 3. The van der Waals surface area contributed by atoms with Crippen LogP contribution in [0.3, 0.4) is 0 Å². The lowest BCUT2D eigenvalue weighted by atomic mass is 9.99. The topological polar surface area (TPSA) is 75.5 Å². The van der Waals surface area contributed by atoms with Crippen LogP contribution >= 0.6 is 0 Å². The Bertz CT molecular complexity index is 1460. The van der Waals surface area contributed by atoms with Crippen LogP contribution in [0.4, 0.5) is 10.1 Å². The zero-order valence-corrected chi connectivity index (χ0v) is 19.6. The van der Waals surface area contributed by atoms with Crippen LogP contribution in [0.5, 0.6) is 11.5 Å². The van der Waals surface area contributed by atoms with Gasteiger partial charge in [0.15, 0.2) is 6.61 Å². The molecule has 5 rings (SSSR count). The Morgan fingerprint density at radius 2 is 1.61 bits per heavy atom. The maximum Gasteiger partial charge on any atom is 0.265 e. The van der Waals surface area contributed by atoms with E-state index in [1.165, 1.54) is 12.1 Å². The fourth-order valence-electron chi connectivity index (χ4n) is 4.17. The third-order valence-corrected chi connectivity index (χ3v) is 6.03. The number of rotatable bonds is 6. The summed E-state index contributed by atoms with van der Waals surface area (Å²) in [5, 5.41) is 9.03. The molecule has 0 unspecified atom stereocenters. The number of nitrogens with zero attached hydrogens (tertiary/aromatic N) is 3. The molecule has 7 heteroatoms. The Labute approximate surface area is 208 Å². The van der Waals surface area contributed by atoms with Gasteiger partial charge in [0, 0.05) is 17.7 Å². The van der Waals surface area contributed by atoms with Gasteiger partial charge in [-0.05, 0) is 77.9 Å². The van der Waals surface area contributed by atoms with Crippen LogP contribution in [-0.2, 0) is 4.79 Å². The van der Waals surface area contributed by atoms with Crippen LogP contribution in [0, 0.1) is 17.1 Å². The zero-order valence-electron chi connectivity index (χ0n) is 19.6. The van der Waals surface area contributed by atoms with Crippen molar-refractivity contribution in [2.24, 2.45) is 0 Å². The van der Waals surface area contributed by atoms with E-state index in [0.717, 1.165) is 28.0 Å². The smallest absolute Gasteiger partial charge is 0.265 e. The molecule has 0 atom stereocenters. The molecule has 1 aliphatic rings. The number of hydrogen-bond acceptors (Lipinski definition) is 5.